The van der Waals surface area contributed by atoms with E-state index in [2.05, 4.69) is 75.4 Å². The molecule has 2 aromatic heterocycles. The average Bonchev–Trinajstić information content (AvgIpc) is 0.929. The molecule has 0 bridgehead atoms. The number of fused-ring (bicyclic) bond motifs is 16. The zero-order chi connectivity index (χ0) is 69.6. The van der Waals surface area contributed by atoms with Crippen molar-refractivity contribution in [2.24, 2.45) is 0 Å². The van der Waals surface area contributed by atoms with Crippen molar-refractivity contribution in [1.82, 2.24) is 0 Å². The molecule has 6 nitrogen and oxygen atoms in total. The van der Waals surface area contributed by atoms with Gasteiger partial charge in [0.1, 0.15) is 92.3 Å². The maximum Gasteiger partial charge on any atom is 0.273 e. The molecule has 0 saturated carbocycles. The summed E-state index contributed by atoms with van der Waals surface area (Å²) in [6.45, 7) is 16.5. The molecule has 0 N–H and O–H groups in total. The number of thiophene rings is 2. The molecule has 102 heavy (non-hydrogen) atoms. The van der Waals surface area contributed by atoms with Gasteiger partial charge in [-0.05, 0) is 265 Å². The highest BCUT2D eigenvalue weighted by Crippen LogP contribution is 2.53. The van der Waals surface area contributed by atoms with Crippen molar-refractivity contribution < 1.29 is 45.3 Å². The Bertz CT molecular complexity index is 6140. The molecule has 6 aliphatic rings. The highest BCUT2D eigenvalue weighted by atomic mass is 32.1. The Morgan fingerprint density at radius 1 is 0.314 bits per heavy atom. The lowest BCUT2D eigenvalue weighted by Gasteiger charge is -2.44. The molecule has 0 unspecified atom stereocenters. The lowest BCUT2D eigenvalue weighted by Crippen LogP contribution is -2.64. The highest BCUT2D eigenvalue weighted by Gasteiger charge is 2.52. The fourth-order valence-corrected chi connectivity index (χ4v) is 20.6. The standard InChI is InChI=1S/C85H55B3F6N2O4S2/c1-38-20-41(4)74(42(5)21-38)47-26-64-77-68(28-47)97-66-37-67-57(88-79-70(98-67)30-49(76-45(8)24-40(3)25-46(76)9)31-71(79)100-83-53-33-51(90)17-19-73(53)102-85(83)88)35-56(66)86(77)54-34-55-63(36-62(54)95(64)80-58(91)12-10-13-59(80)92)96(81-60(93)14-11-15-61(81)94)65-27-48(75-43(6)22-39(2)23-44(75)7)29-69-78(65)87(55)84-82(99-69)52-32-50(89)16-18-72(52)101-84/h10-37H,1-9H3. The van der Waals surface area contributed by atoms with Gasteiger partial charge in [-0.1, -0.05) is 77.4 Å². The van der Waals surface area contributed by atoms with Gasteiger partial charge >= 0.3 is 0 Å². The summed E-state index contributed by atoms with van der Waals surface area (Å²) in [6, 6.07) is 49.8. The molecular formula is C85H55B3F6N2O4S2. The average molecular weight is 1380 g/mol. The molecule has 14 aromatic rings. The van der Waals surface area contributed by atoms with Crippen molar-refractivity contribution in [2.75, 3.05) is 9.80 Å². The normalized spacial score (nSPS) is 13.7. The van der Waals surface area contributed by atoms with Crippen LogP contribution in [0.5, 0.6) is 46.0 Å². The van der Waals surface area contributed by atoms with Gasteiger partial charge in [0.15, 0.2) is 0 Å². The van der Waals surface area contributed by atoms with Crippen LogP contribution < -0.4 is 76.5 Å². The minimum absolute atomic E-state index is 0.316. The lowest BCUT2D eigenvalue weighted by atomic mass is 9.30. The van der Waals surface area contributed by atoms with Gasteiger partial charge in [-0.15, -0.1) is 22.7 Å². The third kappa shape index (κ3) is 8.64. The van der Waals surface area contributed by atoms with E-state index in [4.69, 9.17) is 18.9 Å². The Hall–Kier alpha value is -10.9. The van der Waals surface area contributed by atoms with Crippen LogP contribution >= 0.6 is 22.7 Å². The molecule has 0 amide bonds. The first-order valence-electron chi connectivity index (χ1n) is 34.0. The van der Waals surface area contributed by atoms with E-state index in [0.29, 0.717) is 118 Å². The van der Waals surface area contributed by atoms with E-state index in [1.165, 1.54) is 83.3 Å². The van der Waals surface area contributed by atoms with Crippen LogP contribution in [-0.4, -0.2) is 20.1 Å². The molecule has 492 valence electrons. The molecule has 0 saturated heterocycles. The number of ether oxygens (including phenoxy) is 4. The number of rotatable bonds is 5. The van der Waals surface area contributed by atoms with E-state index < -0.39 is 55.0 Å². The van der Waals surface area contributed by atoms with E-state index in [-0.39, 0.29) is 11.4 Å². The molecule has 0 spiro atoms. The third-order valence-corrected chi connectivity index (χ3v) is 24.0. The monoisotopic (exact) mass is 1380 g/mol. The summed E-state index contributed by atoms with van der Waals surface area (Å²) in [5, 5.41) is 1.19. The fourth-order valence-electron chi connectivity index (χ4n) is 18.1. The van der Waals surface area contributed by atoms with Gasteiger partial charge in [-0.3, -0.25) is 0 Å². The highest BCUT2D eigenvalue weighted by molar-refractivity contribution is 7.34. The van der Waals surface area contributed by atoms with Crippen molar-refractivity contribution >= 4 is 145 Å². The topological polar surface area (TPSA) is 43.4 Å². The van der Waals surface area contributed by atoms with Crippen molar-refractivity contribution in [2.45, 2.75) is 62.3 Å². The van der Waals surface area contributed by atoms with Crippen LogP contribution in [0.4, 0.5) is 60.5 Å². The van der Waals surface area contributed by atoms with Gasteiger partial charge in [0, 0.05) is 64.0 Å². The molecule has 0 aliphatic carbocycles. The minimum Gasteiger partial charge on any atom is -0.458 e. The van der Waals surface area contributed by atoms with Gasteiger partial charge in [-0.2, -0.15) is 0 Å². The van der Waals surface area contributed by atoms with Crippen molar-refractivity contribution in [3.05, 3.63) is 255 Å². The molecule has 0 fully saturated rings. The van der Waals surface area contributed by atoms with Crippen LogP contribution in [-0.2, 0) is 0 Å². The van der Waals surface area contributed by atoms with Crippen molar-refractivity contribution in [3.63, 3.8) is 0 Å². The number of halogens is 6. The Labute approximate surface area is 592 Å². The summed E-state index contributed by atoms with van der Waals surface area (Å²) < 4.78 is 135. The smallest absolute Gasteiger partial charge is 0.273 e. The Morgan fingerprint density at radius 2 is 0.667 bits per heavy atom. The maximum atomic E-state index is 17.8. The number of hydrogen-bond donors (Lipinski definition) is 0. The van der Waals surface area contributed by atoms with E-state index in [0.717, 1.165) is 102 Å². The summed E-state index contributed by atoms with van der Waals surface area (Å²) in [4.78, 5) is 3.23. The molecule has 20 rings (SSSR count). The van der Waals surface area contributed by atoms with Crippen LogP contribution in [0.3, 0.4) is 0 Å². The summed E-state index contributed by atoms with van der Waals surface area (Å²) >= 11 is 2.97. The molecule has 12 aromatic carbocycles. The largest absolute Gasteiger partial charge is 0.458 e. The second-order valence-electron chi connectivity index (χ2n) is 28.3. The zero-order valence-electron chi connectivity index (χ0n) is 56.5. The number of hydrogen-bond acceptors (Lipinski definition) is 8. The summed E-state index contributed by atoms with van der Waals surface area (Å²) in [6.07, 6.45) is 0. The molecule has 8 heterocycles. The van der Waals surface area contributed by atoms with Gasteiger partial charge in [-0.25, -0.2) is 26.3 Å². The molecular weight excluding hydrogens is 1320 g/mol. The first-order valence-corrected chi connectivity index (χ1v) is 35.6. The van der Waals surface area contributed by atoms with Crippen molar-refractivity contribution in [3.8, 4) is 79.4 Å². The third-order valence-electron chi connectivity index (χ3n) is 21.6. The maximum absolute atomic E-state index is 17.8. The van der Waals surface area contributed by atoms with Crippen molar-refractivity contribution in [1.29, 1.82) is 0 Å². The number of aryl methyl sites for hydroxylation is 9. The molecule has 0 atom stereocenters. The Kier molecular flexibility index (Phi) is 12.9. The second kappa shape index (κ2) is 21.6. The number of nitrogens with zero attached hydrogens (tertiary/aromatic N) is 2. The predicted octanol–water partition coefficient (Wildman–Crippen LogP) is 18.3. The zero-order valence-corrected chi connectivity index (χ0v) is 58.1. The molecule has 6 aliphatic heterocycles. The lowest BCUT2D eigenvalue weighted by molar-refractivity contribution is 0.458. The van der Waals surface area contributed by atoms with Crippen LogP contribution in [0.2, 0.25) is 0 Å². The number of benzene rings is 12. The van der Waals surface area contributed by atoms with E-state index in [9.17, 15) is 0 Å². The Balaban J connectivity index is 0.907. The fraction of sp³-hybridized carbons (Fsp3) is 0.106. The van der Waals surface area contributed by atoms with E-state index in [1.54, 1.807) is 21.9 Å². The molecule has 0 radical (unpaired) electrons. The van der Waals surface area contributed by atoms with Crippen LogP contribution in [0.1, 0.15) is 50.1 Å². The van der Waals surface area contributed by atoms with Crippen LogP contribution in [0.15, 0.2) is 170 Å². The van der Waals surface area contributed by atoms with E-state index >= 15 is 26.3 Å². The van der Waals surface area contributed by atoms with Crippen LogP contribution in [0.25, 0.3) is 53.6 Å². The first-order chi connectivity index (χ1) is 49.2. The van der Waals surface area contributed by atoms with Gasteiger partial charge in [0.2, 0.25) is 0 Å². The number of para-hydroxylation sites is 2. The Morgan fingerprint density at radius 3 is 1.11 bits per heavy atom. The SMILES string of the molecule is Cc1cc(C)c(-c2cc3c4c(c2)Oc2c(sc5ccc(F)cc25)B4c2cc4c(cc2O3)Oc2cc(-c3c(C)cc(C)cc3C)cc3c2B4c2cc4c(cc2N3c2c(F)cccc2F)N(c2c(F)cccc2F)c2cc(-c3c(C)cc(C)cc3C)cc3c2B4c2sc4ccc(F)cc4c2O3)c(C)c1. The summed E-state index contributed by atoms with van der Waals surface area (Å²) in [5.41, 5.74) is 19.7. The van der Waals surface area contributed by atoms with Gasteiger partial charge in [0.25, 0.3) is 20.1 Å². The van der Waals surface area contributed by atoms with Gasteiger partial charge < -0.3 is 28.7 Å². The van der Waals surface area contributed by atoms with Gasteiger partial charge in [0.05, 0.1) is 0 Å². The summed E-state index contributed by atoms with van der Waals surface area (Å²) in [7, 11) is 0. The number of anilines is 6. The van der Waals surface area contributed by atoms with Crippen LogP contribution in [0, 0.1) is 97.2 Å². The predicted molar refractivity (Wildman–Crippen MR) is 405 cm³/mol. The quantitative estimate of drug-likeness (QED) is 0.126. The minimum atomic E-state index is -0.863. The van der Waals surface area contributed by atoms with E-state index in [1.807, 2.05) is 84.0 Å². The second-order valence-corrected chi connectivity index (χ2v) is 30.5. The first kappa shape index (κ1) is 61.0. The molecule has 17 heteroatoms. The summed E-state index contributed by atoms with van der Waals surface area (Å²) in [5.74, 6) is -0.370.